The van der Waals surface area contributed by atoms with Crippen molar-refractivity contribution in [2.75, 3.05) is 41.6 Å². The molecule has 0 aliphatic rings. The topological polar surface area (TPSA) is 66.0 Å². The second-order valence-electron chi connectivity index (χ2n) is 4.43. The Morgan fingerprint density at radius 2 is 1.73 bits per heavy atom. The van der Waals surface area contributed by atoms with Gasteiger partial charge in [0.15, 0.2) is 11.5 Å². The van der Waals surface area contributed by atoms with E-state index in [1.165, 1.54) is 6.08 Å². The van der Waals surface area contributed by atoms with E-state index in [-0.39, 0.29) is 5.91 Å². The van der Waals surface area contributed by atoms with E-state index in [0.29, 0.717) is 30.4 Å². The van der Waals surface area contributed by atoms with Crippen LogP contribution in [0.25, 0.3) is 6.08 Å². The Morgan fingerprint density at radius 1 is 1.09 bits per heavy atom. The van der Waals surface area contributed by atoms with Crippen molar-refractivity contribution >= 4 is 12.0 Å². The minimum atomic E-state index is -0.162. The summed E-state index contributed by atoms with van der Waals surface area (Å²) in [6.07, 6.45) is 3.93. The van der Waals surface area contributed by atoms with Gasteiger partial charge in [-0.1, -0.05) is 0 Å². The zero-order chi connectivity index (χ0) is 16.4. The Balaban J connectivity index is 2.76. The van der Waals surface area contributed by atoms with Crippen molar-refractivity contribution in [3.05, 3.63) is 23.8 Å². The normalized spacial score (nSPS) is 10.5. The van der Waals surface area contributed by atoms with Gasteiger partial charge in [0.05, 0.1) is 21.3 Å². The average molecular weight is 309 g/mol. The lowest BCUT2D eigenvalue weighted by Crippen LogP contribution is -2.22. The molecule has 0 bridgehead atoms. The molecule has 6 heteroatoms. The molecule has 1 rings (SSSR count). The van der Waals surface area contributed by atoms with Crippen molar-refractivity contribution in [1.29, 1.82) is 0 Å². The van der Waals surface area contributed by atoms with Crippen LogP contribution in [0, 0.1) is 0 Å². The van der Waals surface area contributed by atoms with Crippen LogP contribution < -0.4 is 19.5 Å². The fourth-order valence-corrected chi connectivity index (χ4v) is 1.86. The maximum atomic E-state index is 11.7. The lowest BCUT2D eigenvalue weighted by molar-refractivity contribution is -0.116. The zero-order valence-electron chi connectivity index (χ0n) is 13.5. The molecule has 122 valence electrons. The first kappa shape index (κ1) is 17.8. The molecule has 1 aromatic rings. The summed E-state index contributed by atoms with van der Waals surface area (Å²) in [5.74, 6) is 1.44. The molecular weight excluding hydrogens is 286 g/mol. The summed E-state index contributed by atoms with van der Waals surface area (Å²) >= 11 is 0. The first-order valence-corrected chi connectivity index (χ1v) is 6.91. The Bertz CT molecular complexity index is 488. The number of benzene rings is 1. The number of hydrogen-bond donors (Lipinski definition) is 1. The number of carbonyl (C=O) groups excluding carboxylic acids is 1. The van der Waals surface area contributed by atoms with Crippen molar-refractivity contribution < 1.29 is 23.7 Å². The van der Waals surface area contributed by atoms with E-state index in [1.807, 2.05) is 0 Å². The van der Waals surface area contributed by atoms with Crippen LogP contribution >= 0.6 is 0 Å². The molecule has 1 aromatic carbocycles. The van der Waals surface area contributed by atoms with Crippen LogP contribution in [0.5, 0.6) is 17.2 Å². The number of hydrogen-bond acceptors (Lipinski definition) is 5. The Hall–Kier alpha value is -2.21. The highest BCUT2D eigenvalue weighted by Crippen LogP contribution is 2.38. The van der Waals surface area contributed by atoms with Gasteiger partial charge in [0, 0.05) is 26.3 Å². The van der Waals surface area contributed by atoms with Crippen LogP contribution in [0.3, 0.4) is 0 Å². The summed E-state index contributed by atoms with van der Waals surface area (Å²) in [5.41, 5.74) is 0.779. The van der Waals surface area contributed by atoms with Crippen molar-refractivity contribution in [1.82, 2.24) is 5.32 Å². The van der Waals surface area contributed by atoms with Crippen molar-refractivity contribution in [2.24, 2.45) is 0 Å². The van der Waals surface area contributed by atoms with Gasteiger partial charge in [0.25, 0.3) is 0 Å². The number of nitrogens with one attached hydrogen (secondary N) is 1. The van der Waals surface area contributed by atoms with E-state index in [4.69, 9.17) is 18.9 Å². The van der Waals surface area contributed by atoms with Crippen LogP contribution in [-0.4, -0.2) is 47.5 Å². The van der Waals surface area contributed by atoms with Gasteiger partial charge in [-0.15, -0.1) is 0 Å². The maximum absolute atomic E-state index is 11.7. The van der Waals surface area contributed by atoms with Gasteiger partial charge in [-0.05, 0) is 30.2 Å². The monoisotopic (exact) mass is 309 g/mol. The minimum absolute atomic E-state index is 0.162. The zero-order valence-corrected chi connectivity index (χ0v) is 13.5. The summed E-state index contributed by atoms with van der Waals surface area (Å²) in [6, 6.07) is 3.55. The number of methoxy groups -OCH3 is 4. The summed E-state index contributed by atoms with van der Waals surface area (Å²) in [4.78, 5) is 11.7. The van der Waals surface area contributed by atoms with Crippen LogP contribution in [-0.2, 0) is 9.53 Å². The van der Waals surface area contributed by atoms with E-state index in [9.17, 15) is 4.79 Å². The molecule has 0 saturated heterocycles. The Kier molecular flexibility index (Phi) is 7.85. The summed E-state index contributed by atoms with van der Waals surface area (Å²) in [5, 5.41) is 2.77. The van der Waals surface area contributed by atoms with E-state index in [0.717, 1.165) is 12.0 Å². The summed E-state index contributed by atoms with van der Waals surface area (Å²) in [7, 11) is 6.27. The number of carbonyl (C=O) groups is 1. The first-order valence-electron chi connectivity index (χ1n) is 6.91. The molecule has 0 aromatic heterocycles. The molecule has 0 radical (unpaired) electrons. The predicted molar refractivity (Wildman–Crippen MR) is 84.6 cm³/mol. The SMILES string of the molecule is COCCCNC(=O)/C=C/c1cc(OC)c(OC)c(OC)c1. The predicted octanol–water partition coefficient (Wildman–Crippen LogP) is 1.88. The third kappa shape index (κ3) is 5.29. The van der Waals surface area contributed by atoms with Gasteiger partial charge < -0.3 is 24.3 Å². The highest BCUT2D eigenvalue weighted by atomic mass is 16.5. The van der Waals surface area contributed by atoms with Gasteiger partial charge in [0.2, 0.25) is 11.7 Å². The second-order valence-corrected chi connectivity index (χ2v) is 4.43. The van der Waals surface area contributed by atoms with Crippen LogP contribution in [0.2, 0.25) is 0 Å². The summed E-state index contributed by atoms with van der Waals surface area (Å²) < 4.78 is 20.7. The van der Waals surface area contributed by atoms with Crippen molar-refractivity contribution in [2.45, 2.75) is 6.42 Å². The van der Waals surface area contributed by atoms with Gasteiger partial charge in [-0.2, -0.15) is 0 Å². The highest BCUT2D eigenvalue weighted by Gasteiger charge is 2.12. The Labute approximate surface area is 131 Å². The van der Waals surface area contributed by atoms with E-state index < -0.39 is 0 Å². The molecule has 0 aliphatic heterocycles. The minimum Gasteiger partial charge on any atom is -0.493 e. The van der Waals surface area contributed by atoms with Gasteiger partial charge in [0.1, 0.15) is 0 Å². The molecule has 6 nitrogen and oxygen atoms in total. The molecule has 0 fully saturated rings. The molecule has 1 N–H and O–H groups in total. The lowest BCUT2D eigenvalue weighted by atomic mass is 10.1. The molecule has 22 heavy (non-hydrogen) atoms. The largest absolute Gasteiger partial charge is 0.493 e. The standard InChI is InChI=1S/C16H23NO5/c1-19-9-5-8-17-15(18)7-6-12-10-13(20-2)16(22-4)14(11-12)21-3/h6-7,10-11H,5,8-9H2,1-4H3,(H,17,18)/b7-6+. The average Bonchev–Trinajstić information content (AvgIpc) is 2.55. The molecule has 0 atom stereocenters. The van der Waals surface area contributed by atoms with Crippen molar-refractivity contribution in [3.63, 3.8) is 0 Å². The molecule has 0 unspecified atom stereocenters. The van der Waals surface area contributed by atoms with E-state index in [1.54, 1.807) is 46.6 Å². The smallest absolute Gasteiger partial charge is 0.244 e. The summed E-state index contributed by atoms with van der Waals surface area (Å²) in [6.45, 7) is 1.20. The number of amides is 1. The highest BCUT2D eigenvalue weighted by molar-refractivity contribution is 5.91. The third-order valence-electron chi connectivity index (χ3n) is 2.94. The first-order chi connectivity index (χ1) is 10.7. The fourth-order valence-electron chi connectivity index (χ4n) is 1.86. The van der Waals surface area contributed by atoms with Gasteiger partial charge >= 0.3 is 0 Å². The maximum Gasteiger partial charge on any atom is 0.244 e. The van der Waals surface area contributed by atoms with Gasteiger partial charge in [-0.25, -0.2) is 0 Å². The number of rotatable bonds is 9. The molecular formula is C16H23NO5. The Morgan fingerprint density at radius 3 is 2.23 bits per heavy atom. The van der Waals surface area contributed by atoms with Crippen LogP contribution in [0.4, 0.5) is 0 Å². The fraction of sp³-hybridized carbons (Fsp3) is 0.438. The van der Waals surface area contributed by atoms with Gasteiger partial charge in [-0.3, -0.25) is 4.79 Å². The van der Waals surface area contributed by atoms with Crippen LogP contribution in [0.15, 0.2) is 18.2 Å². The molecule has 0 saturated carbocycles. The molecule has 0 heterocycles. The second kappa shape index (κ2) is 9.68. The molecule has 0 aliphatic carbocycles. The molecule has 1 amide bonds. The lowest BCUT2D eigenvalue weighted by Gasteiger charge is -2.12. The third-order valence-corrected chi connectivity index (χ3v) is 2.94. The van der Waals surface area contributed by atoms with Crippen LogP contribution in [0.1, 0.15) is 12.0 Å². The van der Waals surface area contributed by atoms with E-state index in [2.05, 4.69) is 5.32 Å². The molecule has 0 spiro atoms. The quantitative estimate of drug-likeness (QED) is 0.557. The van der Waals surface area contributed by atoms with E-state index >= 15 is 0 Å². The number of ether oxygens (including phenoxy) is 4. The van der Waals surface area contributed by atoms with Crippen molar-refractivity contribution in [3.8, 4) is 17.2 Å².